The Labute approximate surface area is 169 Å². The molecule has 0 saturated heterocycles. The summed E-state index contributed by atoms with van der Waals surface area (Å²) in [5, 5.41) is 4.64. The van der Waals surface area contributed by atoms with Crippen molar-refractivity contribution in [1.29, 1.82) is 0 Å². The van der Waals surface area contributed by atoms with Crippen molar-refractivity contribution in [3.05, 3.63) is 63.0 Å². The van der Waals surface area contributed by atoms with Crippen molar-refractivity contribution in [2.45, 2.75) is 63.5 Å². The minimum absolute atomic E-state index is 0.199. The molecule has 5 rings (SSSR count). The normalized spacial score (nSPS) is 19.9. The largest absolute Gasteiger partial charge is 0.313 e. The zero-order valence-corrected chi connectivity index (χ0v) is 17.0. The first-order valence-corrected chi connectivity index (χ1v) is 11.4. The third-order valence-electron chi connectivity index (χ3n) is 6.40. The maximum Gasteiger partial charge on any atom is 0.262 e. The number of fused-ring (bicyclic) bond motifs is 3. The van der Waals surface area contributed by atoms with Gasteiger partial charge in [0.05, 0.1) is 11.7 Å². The molecule has 5 heteroatoms. The second-order valence-electron chi connectivity index (χ2n) is 8.21. The fourth-order valence-electron chi connectivity index (χ4n) is 4.86. The minimum atomic E-state index is 0.199. The molecule has 0 spiro atoms. The van der Waals surface area contributed by atoms with Crippen LogP contribution < -0.4 is 10.9 Å². The summed E-state index contributed by atoms with van der Waals surface area (Å²) in [5.74, 6) is 0. The number of benzene rings is 1. The van der Waals surface area contributed by atoms with Crippen LogP contribution in [-0.2, 0) is 19.3 Å². The Bertz CT molecular complexity index is 1020. The molecule has 0 amide bonds. The molecule has 2 heterocycles. The van der Waals surface area contributed by atoms with Crippen molar-refractivity contribution in [2.75, 3.05) is 6.54 Å². The lowest BCUT2D eigenvalue weighted by Gasteiger charge is -2.23. The highest BCUT2D eigenvalue weighted by Crippen LogP contribution is 2.35. The monoisotopic (exact) mass is 393 g/mol. The molecule has 3 aromatic rings. The fourth-order valence-corrected chi connectivity index (χ4v) is 6.12. The van der Waals surface area contributed by atoms with Gasteiger partial charge >= 0.3 is 0 Å². The molecule has 0 aliphatic heterocycles. The van der Waals surface area contributed by atoms with Crippen LogP contribution in [-0.4, -0.2) is 22.1 Å². The molecular formula is C23H27N3OS. The van der Waals surface area contributed by atoms with Gasteiger partial charge in [-0.3, -0.25) is 9.36 Å². The van der Waals surface area contributed by atoms with Gasteiger partial charge < -0.3 is 5.32 Å². The summed E-state index contributed by atoms with van der Waals surface area (Å²) < 4.78 is 1.92. The van der Waals surface area contributed by atoms with E-state index in [0.717, 1.165) is 55.3 Å². The molecule has 28 heavy (non-hydrogen) atoms. The Kier molecular flexibility index (Phi) is 5.03. The van der Waals surface area contributed by atoms with Gasteiger partial charge in [0.1, 0.15) is 4.83 Å². The number of hydrogen-bond donors (Lipinski definition) is 1. The Morgan fingerprint density at radius 3 is 2.79 bits per heavy atom. The molecule has 1 fully saturated rings. The van der Waals surface area contributed by atoms with E-state index in [0.29, 0.717) is 12.1 Å². The highest BCUT2D eigenvalue weighted by atomic mass is 32.1. The van der Waals surface area contributed by atoms with Crippen LogP contribution in [0.15, 0.2) is 41.5 Å². The molecule has 0 bridgehead atoms. The molecule has 2 aliphatic rings. The smallest absolute Gasteiger partial charge is 0.262 e. The molecule has 2 aromatic heterocycles. The molecular weight excluding hydrogens is 366 g/mol. The Hall–Kier alpha value is -1.98. The van der Waals surface area contributed by atoms with Gasteiger partial charge in [0.15, 0.2) is 0 Å². The van der Waals surface area contributed by atoms with E-state index in [1.807, 2.05) is 4.57 Å². The van der Waals surface area contributed by atoms with Gasteiger partial charge in [0.25, 0.3) is 5.56 Å². The van der Waals surface area contributed by atoms with Crippen molar-refractivity contribution in [1.82, 2.24) is 14.9 Å². The second-order valence-corrected chi connectivity index (χ2v) is 9.29. The van der Waals surface area contributed by atoms with Crippen molar-refractivity contribution in [2.24, 2.45) is 0 Å². The van der Waals surface area contributed by atoms with Gasteiger partial charge in [-0.05, 0) is 56.2 Å². The Morgan fingerprint density at radius 2 is 1.96 bits per heavy atom. The van der Waals surface area contributed by atoms with Crippen LogP contribution in [0.2, 0.25) is 0 Å². The summed E-state index contributed by atoms with van der Waals surface area (Å²) in [4.78, 5) is 20.2. The van der Waals surface area contributed by atoms with Crippen LogP contribution in [0, 0.1) is 0 Å². The molecule has 1 N–H and O–H groups in total. The van der Waals surface area contributed by atoms with E-state index in [1.54, 1.807) is 17.7 Å². The third-order valence-corrected chi connectivity index (χ3v) is 7.56. The first-order valence-electron chi connectivity index (χ1n) is 10.6. The summed E-state index contributed by atoms with van der Waals surface area (Å²) in [6.45, 7) is 1.00. The zero-order chi connectivity index (χ0) is 18.9. The van der Waals surface area contributed by atoms with E-state index in [2.05, 4.69) is 40.6 Å². The summed E-state index contributed by atoms with van der Waals surface area (Å²) >= 11 is 1.73. The topological polar surface area (TPSA) is 46.9 Å². The fraction of sp³-hybridized carbons (Fsp3) is 0.478. The standard InChI is InChI=1S/C23H27N3OS/c27-23-21-19-11-10-17(24-13-12-16-6-2-1-3-7-16)14-20(19)28-22(21)25-15-26(23)18-8-4-5-9-18/h1-3,6-7,15,17-18,24H,4-5,8-14H2. The van der Waals surface area contributed by atoms with Crippen molar-refractivity contribution in [3.63, 3.8) is 0 Å². The molecule has 1 aromatic carbocycles. The van der Waals surface area contributed by atoms with Crippen LogP contribution in [0.3, 0.4) is 0 Å². The van der Waals surface area contributed by atoms with Crippen LogP contribution in [0.1, 0.15) is 54.1 Å². The predicted octanol–water partition coefficient (Wildman–Crippen LogP) is 4.26. The van der Waals surface area contributed by atoms with E-state index < -0.39 is 0 Å². The van der Waals surface area contributed by atoms with E-state index in [-0.39, 0.29) is 5.56 Å². The van der Waals surface area contributed by atoms with Gasteiger partial charge in [-0.1, -0.05) is 43.2 Å². The molecule has 1 atom stereocenters. The summed E-state index contributed by atoms with van der Waals surface area (Å²) in [7, 11) is 0. The molecule has 146 valence electrons. The molecule has 4 nitrogen and oxygen atoms in total. The number of aryl methyl sites for hydroxylation is 1. The van der Waals surface area contributed by atoms with Gasteiger partial charge in [-0.25, -0.2) is 4.98 Å². The third kappa shape index (κ3) is 3.42. The highest BCUT2D eigenvalue weighted by Gasteiger charge is 2.26. The minimum Gasteiger partial charge on any atom is -0.313 e. The number of nitrogens with one attached hydrogen (secondary N) is 1. The van der Waals surface area contributed by atoms with Gasteiger partial charge in [-0.2, -0.15) is 0 Å². The molecule has 1 unspecified atom stereocenters. The molecule has 1 saturated carbocycles. The van der Waals surface area contributed by atoms with Gasteiger partial charge in [0, 0.05) is 17.0 Å². The van der Waals surface area contributed by atoms with Gasteiger partial charge in [-0.15, -0.1) is 11.3 Å². The van der Waals surface area contributed by atoms with E-state index in [4.69, 9.17) is 0 Å². The first kappa shape index (κ1) is 18.1. The average molecular weight is 394 g/mol. The molecule has 0 radical (unpaired) electrons. The van der Waals surface area contributed by atoms with Gasteiger partial charge in [0.2, 0.25) is 0 Å². The second kappa shape index (κ2) is 7.80. The van der Waals surface area contributed by atoms with Crippen LogP contribution >= 0.6 is 11.3 Å². The molecule has 2 aliphatic carbocycles. The predicted molar refractivity (Wildman–Crippen MR) is 115 cm³/mol. The number of thiophene rings is 1. The Morgan fingerprint density at radius 1 is 1.14 bits per heavy atom. The zero-order valence-electron chi connectivity index (χ0n) is 16.2. The highest BCUT2D eigenvalue weighted by molar-refractivity contribution is 7.18. The quantitative estimate of drug-likeness (QED) is 0.704. The number of rotatable bonds is 5. The lowest BCUT2D eigenvalue weighted by molar-refractivity contribution is 0.466. The van der Waals surface area contributed by atoms with Crippen molar-refractivity contribution < 1.29 is 0 Å². The maximum absolute atomic E-state index is 13.2. The Balaban J connectivity index is 1.32. The van der Waals surface area contributed by atoms with E-state index in [1.165, 1.54) is 28.8 Å². The lowest BCUT2D eigenvalue weighted by atomic mass is 9.93. The van der Waals surface area contributed by atoms with Crippen LogP contribution in [0.5, 0.6) is 0 Å². The van der Waals surface area contributed by atoms with Crippen LogP contribution in [0.25, 0.3) is 10.2 Å². The van der Waals surface area contributed by atoms with E-state index in [9.17, 15) is 4.79 Å². The van der Waals surface area contributed by atoms with E-state index >= 15 is 0 Å². The SMILES string of the molecule is O=c1c2c3c(sc2ncn1C1CCCC1)CC(NCCc1ccccc1)CC3. The summed E-state index contributed by atoms with van der Waals surface area (Å²) in [5.41, 5.74) is 2.86. The first-order chi connectivity index (χ1) is 13.8. The number of nitrogens with zero attached hydrogens (tertiary/aromatic N) is 2. The number of hydrogen-bond acceptors (Lipinski definition) is 4. The van der Waals surface area contributed by atoms with Crippen molar-refractivity contribution >= 4 is 21.6 Å². The number of aromatic nitrogens is 2. The lowest BCUT2D eigenvalue weighted by Crippen LogP contribution is -2.35. The average Bonchev–Trinajstić information content (AvgIpc) is 3.37. The summed E-state index contributed by atoms with van der Waals surface area (Å²) in [6.07, 6.45) is 10.7. The summed E-state index contributed by atoms with van der Waals surface area (Å²) in [6, 6.07) is 11.5. The van der Waals surface area contributed by atoms with Crippen molar-refractivity contribution in [3.8, 4) is 0 Å². The van der Waals surface area contributed by atoms with Crippen LogP contribution in [0.4, 0.5) is 0 Å². The maximum atomic E-state index is 13.2.